The van der Waals surface area contributed by atoms with Crippen molar-refractivity contribution in [2.24, 2.45) is 0 Å². The zero-order chi connectivity index (χ0) is 16.8. The molecule has 0 aliphatic rings. The van der Waals surface area contributed by atoms with Crippen LogP contribution in [0.4, 0.5) is 10.1 Å². The Morgan fingerprint density at radius 3 is 2.78 bits per heavy atom. The molecule has 0 saturated heterocycles. The summed E-state index contributed by atoms with van der Waals surface area (Å²) in [6, 6.07) is 11.7. The van der Waals surface area contributed by atoms with Crippen molar-refractivity contribution in [1.29, 1.82) is 0 Å². The fraction of sp³-hybridized carbons (Fsp3) is 0.235. The summed E-state index contributed by atoms with van der Waals surface area (Å²) < 4.78 is 18.3. The van der Waals surface area contributed by atoms with Gasteiger partial charge in [0, 0.05) is 12.2 Å². The van der Waals surface area contributed by atoms with Crippen LogP contribution >= 0.6 is 11.6 Å². The Balaban J connectivity index is 1.90. The van der Waals surface area contributed by atoms with E-state index in [4.69, 9.17) is 16.3 Å². The number of likely N-dealkylation sites (N-methyl/N-ethyl adjacent to an activating group) is 1. The fourth-order valence-corrected chi connectivity index (χ4v) is 2.34. The van der Waals surface area contributed by atoms with E-state index < -0.39 is 5.82 Å². The molecule has 6 heteroatoms. The van der Waals surface area contributed by atoms with Gasteiger partial charge in [-0.2, -0.15) is 0 Å². The van der Waals surface area contributed by atoms with Crippen molar-refractivity contribution in [3.8, 4) is 5.75 Å². The minimum Gasteiger partial charge on any atom is -0.497 e. The van der Waals surface area contributed by atoms with Gasteiger partial charge in [0.25, 0.3) is 0 Å². The first-order chi connectivity index (χ1) is 11.0. The maximum absolute atomic E-state index is 13.1. The summed E-state index contributed by atoms with van der Waals surface area (Å²) in [4.78, 5) is 13.9. The number of nitrogens with one attached hydrogen (secondary N) is 1. The van der Waals surface area contributed by atoms with Crippen LogP contribution in [-0.2, 0) is 11.3 Å². The highest BCUT2D eigenvalue weighted by atomic mass is 35.5. The highest BCUT2D eigenvalue weighted by Crippen LogP contribution is 2.19. The quantitative estimate of drug-likeness (QED) is 0.877. The van der Waals surface area contributed by atoms with E-state index in [1.165, 1.54) is 18.2 Å². The molecule has 0 radical (unpaired) electrons. The van der Waals surface area contributed by atoms with E-state index in [1.807, 2.05) is 36.2 Å². The van der Waals surface area contributed by atoms with Gasteiger partial charge in [0.1, 0.15) is 11.6 Å². The van der Waals surface area contributed by atoms with E-state index in [1.54, 1.807) is 7.11 Å². The molecule has 4 nitrogen and oxygen atoms in total. The van der Waals surface area contributed by atoms with Gasteiger partial charge >= 0.3 is 0 Å². The molecule has 0 unspecified atom stereocenters. The average molecular weight is 337 g/mol. The number of carbonyl (C=O) groups is 1. The van der Waals surface area contributed by atoms with Gasteiger partial charge in [0.2, 0.25) is 5.91 Å². The summed E-state index contributed by atoms with van der Waals surface area (Å²) >= 11 is 5.69. The summed E-state index contributed by atoms with van der Waals surface area (Å²) in [6.45, 7) is 0.807. The zero-order valence-electron chi connectivity index (χ0n) is 13.0. The smallest absolute Gasteiger partial charge is 0.238 e. The second-order valence-corrected chi connectivity index (χ2v) is 5.61. The maximum atomic E-state index is 13.1. The lowest BCUT2D eigenvalue weighted by Gasteiger charge is -2.17. The van der Waals surface area contributed by atoms with Crippen LogP contribution in [0.15, 0.2) is 42.5 Å². The molecule has 2 aromatic carbocycles. The molecule has 0 aromatic heterocycles. The van der Waals surface area contributed by atoms with Crippen LogP contribution in [0.25, 0.3) is 0 Å². The first kappa shape index (κ1) is 17.2. The Bertz CT molecular complexity index is 694. The van der Waals surface area contributed by atoms with E-state index in [0.29, 0.717) is 12.2 Å². The number of hydrogen-bond donors (Lipinski definition) is 1. The normalized spacial score (nSPS) is 10.7. The minimum atomic E-state index is -0.514. The molecule has 23 heavy (non-hydrogen) atoms. The van der Waals surface area contributed by atoms with Gasteiger partial charge in [-0.25, -0.2) is 4.39 Å². The SMILES string of the molecule is COc1cccc(CN(C)CC(=O)Nc2ccc(F)c(Cl)c2)c1. The molecular weight excluding hydrogens is 319 g/mol. The topological polar surface area (TPSA) is 41.6 Å². The van der Waals surface area contributed by atoms with Crippen LogP contribution in [-0.4, -0.2) is 31.5 Å². The molecule has 0 spiro atoms. The van der Waals surface area contributed by atoms with Gasteiger partial charge in [-0.05, 0) is 42.9 Å². The molecule has 0 aliphatic carbocycles. The number of carbonyl (C=O) groups excluding carboxylic acids is 1. The molecule has 0 aliphatic heterocycles. The molecule has 0 saturated carbocycles. The summed E-state index contributed by atoms with van der Waals surface area (Å²) in [6.07, 6.45) is 0. The number of rotatable bonds is 6. The zero-order valence-corrected chi connectivity index (χ0v) is 13.7. The van der Waals surface area contributed by atoms with Crippen molar-refractivity contribution in [2.45, 2.75) is 6.54 Å². The number of benzene rings is 2. The van der Waals surface area contributed by atoms with Crippen molar-refractivity contribution in [3.05, 3.63) is 58.9 Å². The average Bonchev–Trinajstić information content (AvgIpc) is 2.51. The molecule has 2 rings (SSSR count). The lowest BCUT2D eigenvalue weighted by Crippen LogP contribution is -2.29. The summed E-state index contributed by atoms with van der Waals surface area (Å²) in [5, 5.41) is 2.67. The lowest BCUT2D eigenvalue weighted by atomic mass is 10.2. The first-order valence-electron chi connectivity index (χ1n) is 7.04. The van der Waals surface area contributed by atoms with Crippen LogP contribution in [0.2, 0.25) is 5.02 Å². The second kappa shape index (κ2) is 7.94. The van der Waals surface area contributed by atoms with Gasteiger partial charge in [-0.1, -0.05) is 23.7 Å². The summed E-state index contributed by atoms with van der Waals surface area (Å²) in [5.41, 5.74) is 1.51. The summed E-state index contributed by atoms with van der Waals surface area (Å²) in [7, 11) is 3.46. The Morgan fingerprint density at radius 2 is 2.09 bits per heavy atom. The highest BCUT2D eigenvalue weighted by Gasteiger charge is 2.09. The maximum Gasteiger partial charge on any atom is 0.238 e. The standard InChI is InChI=1S/C17H18ClFN2O2/c1-21(10-12-4-3-5-14(8-12)23-2)11-17(22)20-13-6-7-16(19)15(18)9-13/h3-9H,10-11H2,1-2H3,(H,20,22). The monoisotopic (exact) mass is 336 g/mol. The molecular formula is C17H18ClFN2O2. The van der Waals surface area contributed by atoms with Gasteiger partial charge in [-0.3, -0.25) is 9.69 Å². The van der Waals surface area contributed by atoms with Crippen molar-refractivity contribution >= 4 is 23.2 Å². The van der Waals surface area contributed by atoms with E-state index in [-0.39, 0.29) is 17.5 Å². The lowest BCUT2D eigenvalue weighted by molar-refractivity contribution is -0.117. The van der Waals surface area contributed by atoms with Crippen LogP contribution in [0.1, 0.15) is 5.56 Å². The third-order valence-electron chi connectivity index (χ3n) is 3.20. The Kier molecular flexibility index (Phi) is 5.96. The first-order valence-corrected chi connectivity index (χ1v) is 7.42. The third-order valence-corrected chi connectivity index (χ3v) is 3.49. The summed E-state index contributed by atoms with van der Waals surface area (Å²) in [5.74, 6) is 0.0687. The van der Waals surface area contributed by atoms with E-state index in [2.05, 4.69) is 5.32 Å². The molecule has 0 fully saturated rings. The molecule has 2 aromatic rings. The van der Waals surface area contributed by atoms with Crippen LogP contribution in [0.5, 0.6) is 5.75 Å². The van der Waals surface area contributed by atoms with Crippen molar-refractivity contribution in [2.75, 3.05) is 26.0 Å². The highest BCUT2D eigenvalue weighted by molar-refractivity contribution is 6.31. The van der Waals surface area contributed by atoms with Gasteiger partial charge in [0.15, 0.2) is 0 Å². The molecule has 122 valence electrons. The Morgan fingerprint density at radius 1 is 1.30 bits per heavy atom. The minimum absolute atomic E-state index is 0.0208. The largest absolute Gasteiger partial charge is 0.497 e. The Labute approximate surface area is 139 Å². The van der Waals surface area contributed by atoms with Gasteiger partial charge in [0.05, 0.1) is 18.7 Å². The second-order valence-electron chi connectivity index (χ2n) is 5.20. The number of ether oxygens (including phenoxy) is 1. The van der Waals surface area contributed by atoms with Gasteiger partial charge in [-0.15, -0.1) is 0 Å². The van der Waals surface area contributed by atoms with Gasteiger partial charge < -0.3 is 10.1 Å². The fourth-order valence-electron chi connectivity index (χ4n) is 2.16. The number of methoxy groups -OCH3 is 1. The molecule has 1 N–H and O–H groups in total. The van der Waals surface area contributed by atoms with E-state index >= 15 is 0 Å². The van der Waals surface area contributed by atoms with Crippen molar-refractivity contribution < 1.29 is 13.9 Å². The van der Waals surface area contributed by atoms with Crippen LogP contribution < -0.4 is 10.1 Å². The predicted octanol–water partition coefficient (Wildman–Crippen LogP) is 3.56. The van der Waals surface area contributed by atoms with Crippen LogP contribution in [0.3, 0.4) is 0 Å². The predicted molar refractivity (Wildman–Crippen MR) is 89.4 cm³/mol. The molecule has 0 heterocycles. The molecule has 0 bridgehead atoms. The van der Waals surface area contributed by atoms with E-state index in [0.717, 1.165) is 11.3 Å². The number of amides is 1. The number of anilines is 1. The molecule has 0 atom stereocenters. The number of hydrogen-bond acceptors (Lipinski definition) is 3. The third kappa shape index (κ3) is 5.23. The van der Waals surface area contributed by atoms with Crippen molar-refractivity contribution in [3.63, 3.8) is 0 Å². The Hall–Kier alpha value is -2.11. The van der Waals surface area contributed by atoms with Crippen molar-refractivity contribution in [1.82, 2.24) is 4.90 Å². The van der Waals surface area contributed by atoms with Crippen LogP contribution in [0, 0.1) is 5.82 Å². The molecule has 1 amide bonds. The number of nitrogens with zero attached hydrogens (tertiary/aromatic N) is 1. The van der Waals surface area contributed by atoms with E-state index in [9.17, 15) is 9.18 Å². The number of halogens is 2.